The van der Waals surface area contributed by atoms with Crippen LogP contribution in [-0.4, -0.2) is 30.2 Å². The van der Waals surface area contributed by atoms with Crippen LogP contribution in [0.25, 0.3) is 0 Å². The molecule has 1 fully saturated rings. The van der Waals surface area contributed by atoms with Crippen LogP contribution in [-0.2, 0) is 6.54 Å². The molecule has 0 unspecified atom stereocenters. The van der Waals surface area contributed by atoms with Gasteiger partial charge >= 0.3 is 6.18 Å². The first-order valence-electron chi connectivity index (χ1n) is 5.91. The Balaban J connectivity index is 2.08. The van der Waals surface area contributed by atoms with Crippen LogP contribution in [0.3, 0.4) is 0 Å². The van der Waals surface area contributed by atoms with Gasteiger partial charge in [-0.1, -0.05) is 30.3 Å². The Morgan fingerprint density at radius 1 is 1.33 bits per heavy atom. The molecule has 0 saturated carbocycles. The van der Waals surface area contributed by atoms with E-state index in [-0.39, 0.29) is 13.1 Å². The van der Waals surface area contributed by atoms with Crippen molar-refractivity contribution in [3.63, 3.8) is 0 Å². The molecule has 1 saturated heterocycles. The van der Waals surface area contributed by atoms with E-state index >= 15 is 0 Å². The fourth-order valence-electron chi connectivity index (χ4n) is 2.39. The summed E-state index contributed by atoms with van der Waals surface area (Å²) >= 11 is 0. The smallest absolute Gasteiger partial charge is 0.326 e. The number of hydrogen-bond donors (Lipinski definition) is 1. The van der Waals surface area contributed by atoms with Crippen molar-refractivity contribution in [1.82, 2.24) is 4.90 Å². The van der Waals surface area contributed by atoms with Gasteiger partial charge in [0.2, 0.25) is 0 Å². The standard InChI is InChI=1S/C13H17F3N2/c1-12(13(14,15)16)9-18(8-11(12)17)7-10-5-3-2-4-6-10/h2-6,11H,7-9,17H2,1H3/t11-,12-/m0/s1. The third-order valence-corrected chi connectivity index (χ3v) is 3.72. The summed E-state index contributed by atoms with van der Waals surface area (Å²) in [4.78, 5) is 1.77. The van der Waals surface area contributed by atoms with Crippen LogP contribution in [0.5, 0.6) is 0 Å². The Morgan fingerprint density at radius 2 is 1.94 bits per heavy atom. The number of alkyl halides is 3. The predicted octanol–water partition coefficient (Wildman–Crippen LogP) is 2.40. The van der Waals surface area contributed by atoms with Gasteiger partial charge in [-0.25, -0.2) is 0 Å². The molecule has 1 aromatic rings. The number of halogens is 3. The molecule has 0 bridgehead atoms. The topological polar surface area (TPSA) is 29.3 Å². The van der Waals surface area contributed by atoms with Crippen LogP contribution in [0.15, 0.2) is 30.3 Å². The molecular formula is C13H17F3N2. The molecule has 0 aromatic heterocycles. The van der Waals surface area contributed by atoms with E-state index in [9.17, 15) is 13.2 Å². The Hall–Kier alpha value is -1.07. The van der Waals surface area contributed by atoms with Gasteiger partial charge in [-0.3, -0.25) is 4.90 Å². The average Bonchev–Trinajstić information content (AvgIpc) is 2.56. The lowest BCUT2D eigenvalue weighted by Gasteiger charge is -2.30. The average molecular weight is 258 g/mol. The quantitative estimate of drug-likeness (QED) is 0.882. The van der Waals surface area contributed by atoms with Crippen molar-refractivity contribution in [3.05, 3.63) is 35.9 Å². The van der Waals surface area contributed by atoms with Gasteiger partial charge in [-0.15, -0.1) is 0 Å². The fraction of sp³-hybridized carbons (Fsp3) is 0.538. The Bertz CT molecular complexity index is 404. The summed E-state index contributed by atoms with van der Waals surface area (Å²) in [6.07, 6.45) is -4.25. The molecule has 1 aliphatic rings. The lowest BCUT2D eigenvalue weighted by molar-refractivity contribution is -0.216. The molecule has 0 radical (unpaired) electrons. The minimum absolute atomic E-state index is 0.0352. The van der Waals surface area contributed by atoms with Crippen LogP contribution in [0, 0.1) is 5.41 Å². The summed E-state index contributed by atoms with van der Waals surface area (Å²) in [5.74, 6) is 0. The summed E-state index contributed by atoms with van der Waals surface area (Å²) in [7, 11) is 0. The van der Waals surface area contributed by atoms with Crippen molar-refractivity contribution in [2.24, 2.45) is 11.1 Å². The van der Waals surface area contributed by atoms with E-state index in [0.717, 1.165) is 5.56 Å². The highest BCUT2D eigenvalue weighted by atomic mass is 19.4. The minimum Gasteiger partial charge on any atom is -0.326 e. The van der Waals surface area contributed by atoms with Crippen LogP contribution in [0.2, 0.25) is 0 Å². The van der Waals surface area contributed by atoms with Crippen molar-refractivity contribution >= 4 is 0 Å². The van der Waals surface area contributed by atoms with E-state index in [4.69, 9.17) is 5.73 Å². The van der Waals surface area contributed by atoms with Gasteiger partial charge in [0.25, 0.3) is 0 Å². The van der Waals surface area contributed by atoms with Gasteiger partial charge in [0, 0.05) is 25.7 Å². The second-order valence-corrected chi connectivity index (χ2v) is 5.18. The maximum atomic E-state index is 13.0. The predicted molar refractivity (Wildman–Crippen MR) is 63.9 cm³/mol. The molecule has 1 aliphatic heterocycles. The zero-order chi connectivity index (χ0) is 13.4. The van der Waals surface area contributed by atoms with E-state index in [2.05, 4.69) is 0 Å². The molecule has 100 valence electrons. The highest BCUT2D eigenvalue weighted by Crippen LogP contribution is 2.44. The van der Waals surface area contributed by atoms with Crippen LogP contribution in [0.1, 0.15) is 12.5 Å². The number of benzene rings is 1. The van der Waals surface area contributed by atoms with Gasteiger partial charge in [0.1, 0.15) is 0 Å². The molecule has 2 atom stereocenters. The highest BCUT2D eigenvalue weighted by molar-refractivity contribution is 5.15. The van der Waals surface area contributed by atoms with Crippen LogP contribution < -0.4 is 5.73 Å². The number of likely N-dealkylation sites (tertiary alicyclic amines) is 1. The van der Waals surface area contributed by atoms with Crippen molar-refractivity contribution in [2.45, 2.75) is 25.7 Å². The van der Waals surface area contributed by atoms with Crippen molar-refractivity contribution in [1.29, 1.82) is 0 Å². The minimum atomic E-state index is -4.25. The first kappa shape index (κ1) is 13.4. The maximum absolute atomic E-state index is 13.0. The molecule has 0 amide bonds. The zero-order valence-corrected chi connectivity index (χ0v) is 10.2. The summed E-state index contributed by atoms with van der Waals surface area (Å²) in [5, 5.41) is 0. The molecule has 0 aliphatic carbocycles. The van der Waals surface area contributed by atoms with Crippen molar-refractivity contribution in [2.75, 3.05) is 13.1 Å². The van der Waals surface area contributed by atoms with E-state index in [1.165, 1.54) is 6.92 Å². The fourth-order valence-corrected chi connectivity index (χ4v) is 2.39. The molecule has 2 nitrogen and oxygen atoms in total. The maximum Gasteiger partial charge on any atom is 0.396 e. The Kier molecular flexibility index (Phi) is 3.38. The molecule has 1 heterocycles. The monoisotopic (exact) mass is 258 g/mol. The van der Waals surface area contributed by atoms with Crippen molar-refractivity contribution in [3.8, 4) is 0 Å². The summed E-state index contributed by atoms with van der Waals surface area (Å²) < 4.78 is 39.0. The second-order valence-electron chi connectivity index (χ2n) is 5.18. The third kappa shape index (κ3) is 2.37. The van der Waals surface area contributed by atoms with Crippen LogP contribution >= 0.6 is 0 Å². The molecule has 2 N–H and O–H groups in total. The van der Waals surface area contributed by atoms with Gasteiger partial charge in [-0.2, -0.15) is 13.2 Å². The van der Waals surface area contributed by atoms with Crippen LogP contribution in [0.4, 0.5) is 13.2 Å². The highest BCUT2D eigenvalue weighted by Gasteiger charge is 2.58. The molecule has 1 aromatic carbocycles. The first-order valence-corrected chi connectivity index (χ1v) is 5.91. The first-order chi connectivity index (χ1) is 8.33. The van der Waals surface area contributed by atoms with Gasteiger partial charge in [0.15, 0.2) is 0 Å². The summed E-state index contributed by atoms with van der Waals surface area (Å²) in [5.41, 5.74) is 4.89. The summed E-state index contributed by atoms with van der Waals surface area (Å²) in [6, 6.07) is 8.62. The van der Waals surface area contributed by atoms with E-state index in [1.54, 1.807) is 4.90 Å². The number of nitrogens with zero attached hydrogens (tertiary/aromatic N) is 1. The SMILES string of the molecule is C[C@]1(C(F)(F)F)CN(Cc2ccccc2)C[C@@H]1N. The molecule has 0 spiro atoms. The molecule has 18 heavy (non-hydrogen) atoms. The second kappa shape index (κ2) is 4.55. The lowest BCUT2D eigenvalue weighted by atomic mass is 9.85. The zero-order valence-electron chi connectivity index (χ0n) is 10.2. The third-order valence-electron chi connectivity index (χ3n) is 3.72. The van der Waals surface area contributed by atoms with Crippen molar-refractivity contribution < 1.29 is 13.2 Å². The number of nitrogens with two attached hydrogens (primary N) is 1. The lowest BCUT2D eigenvalue weighted by Crippen LogP contribution is -2.48. The van der Waals surface area contributed by atoms with Gasteiger partial charge < -0.3 is 5.73 Å². The van der Waals surface area contributed by atoms with E-state index in [1.807, 2.05) is 30.3 Å². The van der Waals surface area contributed by atoms with E-state index < -0.39 is 17.6 Å². The molecule has 2 rings (SSSR count). The Morgan fingerprint density at radius 3 is 2.44 bits per heavy atom. The number of hydrogen-bond acceptors (Lipinski definition) is 2. The normalized spacial score (nSPS) is 29.7. The van der Waals surface area contributed by atoms with Gasteiger partial charge in [0.05, 0.1) is 5.41 Å². The van der Waals surface area contributed by atoms with E-state index in [0.29, 0.717) is 6.54 Å². The largest absolute Gasteiger partial charge is 0.396 e. The number of rotatable bonds is 2. The summed E-state index contributed by atoms with van der Waals surface area (Å²) in [6.45, 7) is 1.97. The van der Waals surface area contributed by atoms with Gasteiger partial charge in [-0.05, 0) is 12.5 Å². The molecule has 5 heteroatoms. The Labute approximate surface area is 105 Å². The molecular weight excluding hydrogens is 241 g/mol.